The summed E-state index contributed by atoms with van der Waals surface area (Å²) in [4.78, 5) is 16.6. The maximum absolute atomic E-state index is 12.0. The Morgan fingerprint density at radius 1 is 1.55 bits per heavy atom. The van der Waals surface area contributed by atoms with Crippen LogP contribution in [0.5, 0.6) is 0 Å². The molecular formula is C15H20ClN3O2S. The van der Waals surface area contributed by atoms with E-state index in [0.717, 1.165) is 17.1 Å². The number of esters is 1. The van der Waals surface area contributed by atoms with E-state index in [2.05, 4.69) is 17.0 Å². The Labute approximate surface area is 139 Å². The highest BCUT2D eigenvalue weighted by Gasteiger charge is 2.34. The van der Waals surface area contributed by atoms with Gasteiger partial charge in [-0.15, -0.1) is 11.3 Å². The molecule has 0 radical (unpaired) electrons. The van der Waals surface area contributed by atoms with Gasteiger partial charge in [-0.05, 0) is 27.7 Å². The third-order valence-electron chi connectivity index (χ3n) is 3.47. The van der Waals surface area contributed by atoms with Crippen LogP contribution >= 0.6 is 22.9 Å². The lowest BCUT2D eigenvalue weighted by Crippen LogP contribution is -2.31. The molecule has 2 aromatic rings. The van der Waals surface area contributed by atoms with Crippen molar-refractivity contribution in [3.63, 3.8) is 0 Å². The molecule has 120 valence electrons. The second kappa shape index (κ2) is 6.79. The van der Waals surface area contributed by atoms with Crippen LogP contribution in [0, 0.1) is 0 Å². The summed E-state index contributed by atoms with van der Waals surface area (Å²) in [5.41, 5.74) is 0.0138. The zero-order valence-electron chi connectivity index (χ0n) is 13.2. The fourth-order valence-electron chi connectivity index (χ4n) is 2.01. The Balaban J connectivity index is 2.09. The van der Waals surface area contributed by atoms with Gasteiger partial charge in [0.25, 0.3) is 0 Å². The molecule has 0 aliphatic rings. The van der Waals surface area contributed by atoms with Crippen LogP contribution in [0.3, 0.4) is 0 Å². The zero-order valence-corrected chi connectivity index (χ0v) is 14.7. The fourth-order valence-corrected chi connectivity index (χ4v) is 3.24. The van der Waals surface area contributed by atoms with Gasteiger partial charge in [0, 0.05) is 18.0 Å². The minimum Gasteiger partial charge on any atom is -0.465 e. The number of carbonyl (C=O) groups is 1. The van der Waals surface area contributed by atoms with Crippen molar-refractivity contribution in [3.8, 4) is 0 Å². The number of halogens is 1. The number of ether oxygens (including phenoxy) is 1. The van der Waals surface area contributed by atoms with E-state index in [1.54, 1.807) is 30.7 Å². The van der Waals surface area contributed by atoms with Crippen LogP contribution in [0.15, 0.2) is 17.8 Å². The van der Waals surface area contributed by atoms with Crippen LogP contribution in [-0.2, 0) is 21.4 Å². The van der Waals surface area contributed by atoms with Crippen molar-refractivity contribution in [2.45, 2.75) is 45.6 Å². The van der Waals surface area contributed by atoms with Crippen LogP contribution in [0.2, 0.25) is 5.02 Å². The summed E-state index contributed by atoms with van der Waals surface area (Å²) in [5.74, 6) is -0.251. The van der Waals surface area contributed by atoms with Gasteiger partial charge in [0.1, 0.15) is 5.41 Å². The third kappa shape index (κ3) is 3.67. The number of carbonyl (C=O) groups excluding carboxylic acids is 1. The first-order valence-corrected chi connectivity index (χ1v) is 8.42. The van der Waals surface area contributed by atoms with E-state index >= 15 is 0 Å². The van der Waals surface area contributed by atoms with E-state index in [1.807, 2.05) is 23.9 Å². The average Bonchev–Trinajstić information content (AvgIpc) is 3.08. The van der Waals surface area contributed by atoms with Crippen molar-refractivity contribution in [2.24, 2.45) is 0 Å². The topological polar surface area (TPSA) is 57.0 Å². The van der Waals surface area contributed by atoms with Crippen molar-refractivity contribution < 1.29 is 9.53 Å². The van der Waals surface area contributed by atoms with Crippen LogP contribution in [-0.4, -0.2) is 27.3 Å². The summed E-state index contributed by atoms with van der Waals surface area (Å²) in [7, 11) is 0. The van der Waals surface area contributed by atoms with Gasteiger partial charge in [-0.25, -0.2) is 4.98 Å². The van der Waals surface area contributed by atoms with Gasteiger partial charge in [0.15, 0.2) is 0 Å². The van der Waals surface area contributed by atoms with Crippen LogP contribution in [0.1, 0.15) is 44.4 Å². The molecule has 1 atom stereocenters. The van der Waals surface area contributed by atoms with Crippen LogP contribution < -0.4 is 0 Å². The molecule has 0 aliphatic heterocycles. The quantitative estimate of drug-likeness (QED) is 0.753. The molecule has 0 bridgehead atoms. The van der Waals surface area contributed by atoms with Crippen LogP contribution in [0.4, 0.5) is 0 Å². The monoisotopic (exact) mass is 341 g/mol. The van der Waals surface area contributed by atoms with Gasteiger partial charge in [-0.3, -0.25) is 9.48 Å². The Morgan fingerprint density at radius 3 is 2.86 bits per heavy atom. The molecule has 0 unspecified atom stereocenters. The summed E-state index contributed by atoms with van der Waals surface area (Å²) in [6, 6.07) is 0.150. The van der Waals surface area contributed by atoms with E-state index in [0.29, 0.717) is 11.6 Å². The minimum atomic E-state index is -0.733. The summed E-state index contributed by atoms with van der Waals surface area (Å²) < 4.78 is 6.94. The zero-order chi connectivity index (χ0) is 16.3. The minimum absolute atomic E-state index is 0.150. The van der Waals surface area contributed by atoms with Gasteiger partial charge in [-0.2, -0.15) is 5.10 Å². The Bertz CT molecular complexity index is 651. The van der Waals surface area contributed by atoms with E-state index in [4.69, 9.17) is 16.3 Å². The standard InChI is InChI=1S/C15H20ClN3O2S/c1-5-21-14(20)15(3,4)12-9-22-13(18-12)6-10(2)19-8-11(16)7-17-19/h7-10H,5-6H2,1-4H3/t10-/m0/s1. The number of hydrogen-bond donors (Lipinski definition) is 0. The van der Waals surface area contributed by atoms with Gasteiger partial charge in [-0.1, -0.05) is 11.6 Å². The van der Waals surface area contributed by atoms with E-state index < -0.39 is 5.41 Å². The maximum Gasteiger partial charge on any atom is 0.317 e. The normalized spacial score (nSPS) is 13.1. The molecule has 7 heteroatoms. The van der Waals surface area contributed by atoms with E-state index in [9.17, 15) is 4.79 Å². The molecule has 2 aromatic heterocycles. The number of aromatic nitrogens is 3. The van der Waals surface area contributed by atoms with E-state index in [-0.39, 0.29) is 12.0 Å². The molecule has 0 saturated carbocycles. The molecule has 22 heavy (non-hydrogen) atoms. The van der Waals surface area contributed by atoms with Crippen LogP contribution in [0.25, 0.3) is 0 Å². The first kappa shape index (κ1) is 17.0. The smallest absolute Gasteiger partial charge is 0.317 e. The predicted molar refractivity (Wildman–Crippen MR) is 87.4 cm³/mol. The van der Waals surface area contributed by atoms with Crippen molar-refractivity contribution in [2.75, 3.05) is 6.61 Å². The van der Waals surface area contributed by atoms with Crippen molar-refractivity contribution in [1.29, 1.82) is 0 Å². The highest BCUT2D eigenvalue weighted by Crippen LogP contribution is 2.28. The molecular weight excluding hydrogens is 322 g/mol. The molecule has 2 heterocycles. The largest absolute Gasteiger partial charge is 0.465 e. The fraction of sp³-hybridized carbons (Fsp3) is 0.533. The van der Waals surface area contributed by atoms with Gasteiger partial charge < -0.3 is 4.74 Å². The lowest BCUT2D eigenvalue weighted by molar-refractivity contribution is -0.148. The summed E-state index contributed by atoms with van der Waals surface area (Å²) in [5, 5.41) is 7.72. The second-order valence-electron chi connectivity index (χ2n) is 5.66. The van der Waals surface area contributed by atoms with Gasteiger partial charge in [0.2, 0.25) is 0 Å². The van der Waals surface area contributed by atoms with E-state index in [1.165, 1.54) is 0 Å². The van der Waals surface area contributed by atoms with Gasteiger partial charge in [0.05, 0.1) is 34.6 Å². The Morgan fingerprint density at radius 2 is 2.27 bits per heavy atom. The van der Waals surface area contributed by atoms with Crippen molar-refractivity contribution >= 4 is 28.9 Å². The molecule has 0 N–H and O–H groups in total. The lowest BCUT2D eigenvalue weighted by atomic mass is 9.90. The molecule has 0 spiro atoms. The predicted octanol–water partition coefficient (Wildman–Crippen LogP) is 3.64. The van der Waals surface area contributed by atoms with Crippen molar-refractivity contribution in [1.82, 2.24) is 14.8 Å². The summed E-state index contributed by atoms with van der Waals surface area (Å²) in [6.07, 6.45) is 4.15. The number of nitrogens with zero attached hydrogens (tertiary/aromatic N) is 3. The summed E-state index contributed by atoms with van der Waals surface area (Å²) >= 11 is 7.44. The number of rotatable bonds is 6. The summed E-state index contributed by atoms with van der Waals surface area (Å²) in [6.45, 7) is 7.90. The average molecular weight is 342 g/mol. The highest BCUT2D eigenvalue weighted by atomic mass is 35.5. The van der Waals surface area contributed by atoms with Crippen molar-refractivity contribution in [3.05, 3.63) is 33.5 Å². The molecule has 0 fully saturated rings. The Hall–Kier alpha value is -1.40. The molecule has 2 rings (SSSR count). The maximum atomic E-state index is 12.0. The molecule has 0 aromatic carbocycles. The molecule has 0 amide bonds. The molecule has 0 saturated heterocycles. The highest BCUT2D eigenvalue weighted by molar-refractivity contribution is 7.09. The Kier molecular flexibility index (Phi) is 5.24. The lowest BCUT2D eigenvalue weighted by Gasteiger charge is -2.19. The molecule has 0 aliphatic carbocycles. The SMILES string of the molecule is CCOC(=O)C(C)(C)c1csc(C[C@H](C)n2cc(Cl)cn2)n1. The molecule has 5 nitrogen and oxygen atoms in total. The second-order valence-corrected chi connectivity index (χ2v) is 7.04. The van der Waals surface area contributed by atoms with Gasteiger partial charge >= 0.3 is 5.97 Å². The first-order chi connectivity index (χ1) is 10.3. The number of hydrogen-bond acceptors (Lipinski definition) is 5. The number of thiazole rings is 1. The third-order valence-corrected chi connectivity index (χ3v) is 4.54. The first-order valence-electron chi connectivity index (χ1n) is 7.16.